The first-order valence-corrected chi connectivity index (χ1v) is 6.86. The molecular weight excluding hydrogens is 256 g/mol. The average Bonchev–Trinajstić information content (AvgIpc) is 2.44. The Hall–Kier alpha value is -1.72. The molecule has 1 aromatic rings. The molecule has 0 heterocycles. The second-order valence-corrected chi connectivity index (χ2v) is 5.17. The van der Waals surface area contributed by atoms with Crippen LogP contribution in [0.2, 0.25) is 0 Å². The summed E-state index contributed by atoms with van der Waals surface area (Å²) >= 11 is 0. The summed E-state index contributed by atoms with van der Waals surface area (Å²) in [7, 11) is 0. The molecule has 1 aliphatic rings. The Morgan fingerprint density at radius 2 is 2.10 bits per heavy atom. The minimum Gasteiger partial charge on any atom is -0.391 e. The molecule has 2 atom stereocenters. The smallest absolute Gasteiger partial charge is 0.330 e. The summed E-state index contributed by atoms with van der Waals surface area (Å²) in [4.78, 5) is 22.7. The van der Waals surface area contributed by atoms with Crippen LogP contribution in [0.3, 0.4) is 0 Å². The van der Waals surface area contributed by atoms with Gasteiger partial charge in [0.15, 0.2) is 0 Å². The van der Waals surface area contributed by atoms with Gasteiger partial charge in [0.25, 0.3) is 0 Å². The van der Waals surface area contributed by atoms with Crippen molar-refractivity contribution in [2.75, 3.05) is 6.54 Å². The Morgan fingerprint density at radius 3 is 2.80 bits per heavy atom. The van der Waals surface area contributed by atoms with Crippen molar-refractivity contribution in [1.82, 2.24) is 5.32 Å². The zero-order valence-corrected chi connectivity index (χ0v) is 11.6. The van der Waals surface area contributed by atoms with Crippen LogP contribution in [0.4, 0.5) is 0 Å². The molecule has 0 amide bonds. The quantitative estimate of drug-likeness (QED) is 0.620. The first-order valence-electron chi connectivity index (χ1n) is 6.86. The van der Waals surface area contributed by atoms with Crippen molar-refractivity contribution in [1.29, 1.82) is 0 Å². The lowest BCUT2D eigenvalue weighted by atomic mass is 9.88. The molecule has 0 spiro atoms. The number of hydrogen-bond acceptors (Lipinski definition) is 5. The molecule has 1 aromatic carbocycles. The van der Waals surface area contributed by atoms with Gasteiger partial charge in [0.2, 0.25) is 0 Å². The fourth-order valence-electron chi connectivity index (χ4n) is 2.34. The molecule has 0 saturated heterocycles. The molecule has 0 bridgehead atoms. The zero-order valence-electron chi connectivity index (χ0n) is 11.6. The highest BCUT2D eigenvalue weighted by atomic mass is 16.6. The van der Waals surface area contributed by atoms with Gasteiger partial charge in [-0.25, -0.2) is 4.79 Å². The molecular formula is C15H20N2O3. The van der Waals surface area contributed by atoms with E-state index in [4.69, 9.17) is 5.73 Å². The Balaban J connectivity index is 1.79. The largest absolute Gasteiger partial charge is 0.391 e. The number of carbonyl (C=O) groups is 2. The van der Waals surface area contributed by atoms with Crippen LogP contribution in [0.1, 0.15) is 24.5 Å². The summed E-state index contributed by atoms with van der Waals surface area (Å²) < 4.78 is 4.61. The summed E-state index contributed by atoms with van der Waals surface area (Å²) in [5, 5.41) is 3.14. The molecule has 5 heteroatoms. The number of benzene rings is 1. The van der Waals surface area contributed by atoms with Crippen LogP contribution in [0, 0.1) is 0 Å². The fourth-order valence-corrected chi connectivity index (χ4v) is 2.34. The highest BCUT2D eigenvalue weighted by Gasteiger charge is 2.20. The van der Waals surface area contributed by atoms with E-state index in [9.17, 15) is 9.59 Å². The van der Waals surface area contributed by atoms with Crippen LogP contribution >= 0.6 is 0 Å². The Labute approximate surface area is 118 Å². The van der Waals surface area contributed by atoms with E-state index in [0.29, 0.717) is 0 Å². The molecule has 2 rings (SSSR count). The van der Waals surface area contributed by atoms with E-state index >= 15 is 0 Å². The summed E-state index contributed by atoms with van der Waals surface area (Å²) in [5.41, 5.74) is 8.02. The van der Waals surface area contributed by atoms with Crippen molar-refractivity contribution < 1.29 is 14.3 Å². The third kappa shape index (κ3) is 3.88. The van der Waals surface area contributed by atoms with Crippen LogP contribution in [-0.2, 0) is 27.2 Å². The van der Waals surface area contributed by atoms with Crippen LogP contribution in [-0.4, -0.2) is 30.6 Å². The summed E-state index contributed by atoms with van der Waals surface area (Å²) in [6.45, 7) is 1.52. The molecule has 0 radical (unpaired) electrons. The lowest BCUT2D eigenvalue weighted by Crippen LogP contribution is -2.40. The number of carbonyl (C=O) groups excluding carboxylic acids is 2. The first kappa shape index (κ1) is 14.7. The van der Waals surface area contributed by atoms with Crippen molar-refractivity contribution >= 4 is 11.9 Å². The number of esters is 2. The van der Waals surface area contributed by atoms with Gasteiger partial charge in [-0.1, -0.05) is 24.3 Å². The number of fused-ring (bicyclic) bond motifs is 1. The van der Waals surface area contributed by atoms with Crippen molar-refractivity contribution in [3.05, 3.63) is 35.4 Å². The third-order valence-corrected chi connectivity index (χ3v) is 3.47. The highest BCUT2D eigenvalue weighted by molar-refractivity contribution is 5.88. The second-order valence-electron chi connectivity index (χ2n) is 5.17. The van der Waals surface area contributed by atoms with Crippen molar-refractivity contribution in [2.24, 2.45) is 5.73 Å². The molecule has 1 aliphatic carbocycles. The number of nitrogens with one attached hydrogen (secondary N) is 1. The summed E-state index contributed by atoms with van der Waals surface area (Å²) in [5.74, 6) is -1.27. The van der Waals surface area contributed by atoms with E-state index in [-0.39, 0.29) is 12.6 Å². The van der Waals surface area contributed by atoms with E-state index in [1.807, 2.05) is 12.1 Å². The van der Waals surface area contributed by atoms with E-state index in [1.165, 1.54) is 18.1 Å². The molecule has 5 nitrogen and oxygen atoms in total. The SMILES string of the molecule is C[C@H](N)C(=O)OC(=O)CNC1CCc2ccccc2C1. The Kier molecular flexibility index (Phi) is 4.87. The monoisotopic (exact) mass is 276 g/mol. The minimum absolute atomic E-state index is 0.0330. The third-order valence-electron chi connectivity index (χ3n) is 3.47. The molecule has 20 heavy (non-hydrogen) atoms. The summed E-state index contributed by atoms with van der Waals surface area (Å²) in [6.07, 6.45) is 2.87. The number of ether oxygens (including phenoxy) is 1. The number of rotatable bonds is 4. The molecule has 0 fully saturated rings. The van der Waals surface area contributed by atoms with Gasteiger partial charge in [-0.2, -0.15) is 0 Å². The van der Waals surface area contributed by atoms with Crippen LogP contribution < -0.4 is 11.1 Å². The van der Waals surface area contributed by atoms with Crippen LogP contribution in [0.5, 0.6) is 0 Å². The van der Waals surface area contributed by atoms with Gasteiger partial charge in [-0.05, 0) is 37.3 Å². The lowest BCUT2D eigenvalue weighted by Gasteiger charge is -2.25. The van der Waals surface area contributed by atoms with Gasteiger partial charge in [0.1, 0.15) is 6.04 Å². The van der Waals surface area contributed by atoms with E-state index < -0.39 is 18.0 Å². The number of hydrogen-bond donors (Lipinski definition) is 2. The van der Waals surface area contributed by atoms with Gasteiger partial charge in [0, 0.05) is 6.04 Å². The van der Waals surface area contributed by atoms with Gasteiger partial charge in [-0.15, -0.1) is 0 Å². The van der Waals surface area contributed by atoms with Gasteiger partial charge in [0.05, 0.1) is 6.54 Å². The maximum atomic E-state index is 11.5. The average molecular weight is 276 g/mol. The van der Waals surface area contributed by atoms with Crippen molar-refractivity contribution in [3.8, 4) is 0 Å². The molecule has 108 valence electrons. The van der Waals surface area contributed by atoms with Gasteiger partial charge >= 0.3 is 11.9 Å². The fraction of sp³-hybridized carbons (Fsp3) is 0.467. The van der Waals surface area contributed by atoms with Crippen molar-refractivity contribution in [2.45, 2.75) is 38.3 Å². The lowest BCUT2D eigenvalue weighted by molar-refractivity contribution is -0.159. The van der Waals surface area contributed by atoms with Crippen LogP contribution in [0.25, 0.3) is 0 Å². The van der Waals surface area contributed by atoms with Crippen molar-refractivity contribution in [3.63, 3.8) is 0 Å². The van der Waals surface area contributed by atoms with E-state index in [0.717, 1.165) is 19.3 Å². The molecule has 0 aliphatic heterocycles. The highest BCUT2D eigenvalue weighted by Crippen LogP contribution is 2.20. The topological polar surface area (TPSA) is 81.4 Å². The zero-order chi connectivity index (χ0) is 14.5. The standard InChI is InChI=1S/C15H20N2O3/c1-10(16)15(19)20-14(18)9-17-13-7-6-11-4-2-3-5-12(11)8-13/h2-5,10,13,17H,6-9,16H2,1H3/t10-,13?/m0/s1. The first-order chi connectivity index (χ1) is 9.56. The number of nitrogens with two attached hydrogens (primary N) is 1. The maximum absolute atomic E-state index is 11.5. The molecule has 1 unspecified atom stereocenters. The van der Waals surface area contributed by atoms with Crippen LogP contribution in [0.15, 0.2) is 24.3 Å². The predicted molar refractivity (Wildman–Crippen MR) is 75.0 cm³/mol. The summed E-state index contributed by atoms with van der Waals surface area (Å²) in [6, 6.07) is 7.78. The number of aryl methyl sites for hydroxylation is 1. The molecule has 0 aromatic heterocycles. The predicted octanol–water partition coefficient (Wildman–Crippen LogP) is 0.551. The maximum Gasteiger partial charge on any atom is 0.330 e. The normalized spacial score (nSPS) is 19.0. The second kappa shape index (κ2) is 6.63. The van der Waals surface area contributed by atoms with E-state index in [2.05, 4.69) is 22.2 Å². The molecule has 0 saturated carbocycles. The van der Waals surface area contributed by atoms with Gasteiger partial charge < -0.3 is 15.8 Å². The van der Waals surface area contributed by atoms with Gasteiger partial charge in [-0.3, -0.25) is 4.79 Å². The Morgan fingerprint density at radius 1 is 1.40 bits per heavy atom. The molecule has 3 N–H and O–H groups in total. The minimum atomic E-state index is -0.777. The van der Waals surface area contributed by atoms with E-state index in [1.54, 1.807) is 0 Å². The Bertz CT molecular complexity index is 500.